The third-order valence-corrected chi connectivity index (χ3v) is 7.40. The van der Waals surface area contributed by atoms with Crippen molar-refractivity contribution in [3.63, 3.8) is 0 Å². The van der Waals surface area contributed by atoms with E-state index >= 15 is 0 Å². The van der Waals surface area contributed by atoms with Gasteiger partial charge in [0.15, 0.2) is 5.13 Å². The Labute approximate surface area is 140 Å². The minimum atomic E-state index is -3.58. The zero-order chi connectivity index (χ0) is 14.3. The van der Waals surface area contributed by atoms with Crippen molar-refractivity contribution in [3.8, 4) is 0 Å². The number of hydrogen-bond acceptors (Lipinski definition) is 5. The number of aromatic nitrogens is 1. The van der Waals surface area contributed by atoms with Crippen molar-refractivity contribution in [1.29, 1.82) is 0 Å². The largest absolute Gasteiger partial charge is 0.273 e. The van der Waals surface area contributed by atoms with E-state index in [9.17, 15) is 8.42 Å². The van der Waals surface area contributed by atoms with E-state index in [4.69, 9.17) is 0 Å². The van der Waals surface area contributed by atoms with Gasteiger partial charge in [0.1, 0.15) is 4.21 Å². The zero-order valence-electron chi connectivity index (χ0n) is 9.63. The lowest BCUT2D eigenvalue weighted by molar-refractivity contribution is 0.603. The van der Waals surface area contributed by atoms with Crippen molar-refractivity contribution in [3.05, 3.63) is 38.6 Å². The van der Waals surface area contributed by atoms with E-state index in [2.05, 4.69) is 41.6 Å². The van der Waals surface area contributed by atoms with E-state index in [1.807, 2.05) is 18.2 Å². The predicted molar refractivity (Wildman–Crippen MR) is 90.1 cm³/mol. The Hall–Kier alpha value is -0.480. The molecule has 3 rings (SSSR count). The first-order chi connectivity index (χ1) is 9.44. The van der Waals surface area contributed by atoms with E-state index in [0.717, 1.165) is 29.8 Å². The second-order valence-electron chi connectivity index (χ2n) is 3.80. The van der Waals surface area contributed by atoms with E-state index in [1.54, 1.807) is 12.1 Å². The fourth-order valence-electron chi connectivity index (χ4n) is 1.55. The van der Waals surface area contributed by atoms with E-state index in [-0.39, 0.29) is 4.21 Å². The van der Waals surface area contributed by atoms with Crippen LogP contribution in [-0.4, -0.2) is 13.4 Å². The van der Waals surface area contributed by atoms with Crippen LogP contribution in [0.1, 0.15) is 0 Å². The van der Waals surface area contributed by atoms with E-state index < -0.39 is 10.0 Å². The van der Waals surface area contributed by atoms with Gasteiger partial charge in [-0.05, 0) is 46.3 Å². The summed E-state index contributed by atoms with van der Waals surface area (Å²) >= 11 is 9.09. The van der Waals surface area contributed by atoms with Gasteiger partial charge in [0.05, 0.1) is 14.0 Å². The number of nitrogens with one attached hydrogen (secondary N) is 1. The van der Waals surface area contributed by atoms with Gasteiger partial charge in [0, 0.05) is 4.47 Å². The van der Waals surface area contributed by atoms with Gasteiger partial charge >= 0.3 is 0 Å². The molecule has 0 bridgehead atoms. The Morgan fingerprint density at radius 3 is 2.60 bits per heavy atom. The van der Waals surface area contributed by atoms with Crippen molar-refractivity contribution >= 4 is 79.9 Å². The molecule has 1 N–H and O–H groups in total. The van der Waals surface area contributed by atoms with Gasteiger partial charge in [-0.3, -0.25) is 4.72 Å². The van der Waals surface area contributed by atoms with Gasteiger partial charge in [-0.25, -0.2) is 13.4 Å². The maximum atomic E-state index is 12.2. The van der Waals surface area contributed by atoms with E-state index in [0.29, 0.717) is 5.13 Å². The number of rotatable bonds is 3. The maximum absolute atomic E-state index is 12.2. The summed E-state index contributed by atoms with van der Waals surface area (Å²) in [4.78, 5) is 4.27. The molecule has 0 saturated heterocycles. The van der Waals surface area contributed by atoms with Gasteiger partial charge in [0.25, 0.3) is 10.0 Å². The minimum absolute atomic E-state index is 0.254. The first kappa shape index (κ1) is 14.5. The second-order valence-corrected chi connectivity index (χ2v) is 10.1. The van der Waals surface area contributed by atoms with Crippen molar-refractivity contribution in [2.75, 3.05) is 4.72 Å². The lowest BCUT2D eigenvalue weighted by Crippen LogP contribution is -2.10. The van der Waals surface area contributed by atoms with Crippen LogP contribution in [0.2, 0.25) is 0 Å². The molecule has 20 heavy (non-hydrogen) atoms. The summed E-state index contributed by atoms with van der Waals surface area (Å²) < 4.78 is 29.8. The molecule has 0 fully saturated rings. The second kappa shape index (κ2) is 5.38. The molecule has 0 spiro atoms. The Kier molecular flexibility index (Phi) is 3.89. The van der Waals surface area contributed by atoms with Crippen LogP contribution in [0.4, 0.5) is 5.13 Å². The average Bonchev–Trinajstić information content (AvgIpc) is 2.94. The number of hydrogen-bond donors (Lipinski definition) is 1. The number of fused-ring (bicyclic) bond motifs is 1. The van der Waals surface area contributed by atoms with Crippen LogP contribution in [0.3, 0.4) is 0 Å². The number of thiophene rings is 1. The average molecular weight is 454 g/mol. The minimum Gasteiger partial charge on any atom is -0.254 e. The van der Waals surface area contributed by atoms with Crippen molar-refractivity contribution < 1.29 is 8.42 Å². The number of sulfonamides is 1. The molecule has 0 saturated carbocycles. The zero-order valence-corrected chi connectivity index (χ0v) is 15.3. The molecule has 0 aliphatic heterocycles. The standard InChI is InChI=1S/C11H6Br2N2O2S3/c12-6-1-2-7-8(5-6)18-11(14-7)15-20(16,17)10-4-3-9(13)19-10/h1-5H,(H,14,15). The third kappa shape index (κ3) is 2.91. The molecule has 0 atom stereocenters. The van der Waals surface area contributed by atoms with Crippen molar-refractivity contribution in [1.82, 2.24) is 4.98 Å². The third-order valence-electron chi connectivity index (χ3n) is 2.39. The molecule has 3 aromatic rings. The van der Waals surface area contributed by atoms with Crippen LogP contribution in [0, 0.1) is 0 Å². The molecular weight excluding hydrogens is 448 g/mol. The molecular formula is C11H6Br2N2O2S3. The lowest BCUT2D eigenvalue weighted by Gasteiger charge is -2.01. The molecule has 9 heteroatoms. The molecule has 4 nitrogen and oxygen atoms in total. The molecule has 0 radical (unpaired) electrons. The summed E-state index contributed by atoms with van der Waals surface area (Å²) in [5.41, 5.74) is 0.767. The van der Waals surface area contributed by atoms with Crippen LogP contribution in [0.5, 0.6) is 0 Å². The number of benzene rings is 1. The van der Waals surface area contributed by atoms with Crippen LogP contribution >= 0.6 is 54.5 Å². The summed E-state index contributed by atoms with van der Waals surface area (Å²) in [7, 11) is -3.58. The fourth-order valence-corrected chi connectivity index (χ4v) is 6.21. The quantitative estimate of drug-likeness (QED) is 0.626. The first-order valence-corrected chi connectivity index (χ1v) is 9.98. The van der Waals surface area contributed by atoms with Crippen molar-refractivity contribution in [2.24, 2.45) is 0 Å². The highest BCUT2D eigenvalue weighted by atomic mass is 79.9. The molecule has 2 heterocycles. The summed E-state index contributed by atoms with van der Waals surface area (Å²) in [5.74, 6) is 0. The molecule has 2 aromatic heterocycles. The number of thiazole rings is 1. The molecule has 0 aliphatic carbocycles. The fraction of sp³-hybridized carbons (Fsp3) is 0. The smallest absolute Gasteiger partial charge is 0.254 e. The van der Waals surface area contributed by atoms with E-state index in [1.165, 1.54) is 11.3 Å². The van der Waals surface area contributed by atoms with Crippen molar-refractivity contribution in [2.45, 2.75) is 4.21 Å². The Morgan fingerprint density at radius 1 is 1.10 bits per heavy atom. The van der Waals surface area contributed by atoms with Gasteiger partial charge < -0.3 is 0 Å². The van der Waals surface area contributed by atoms with Crippen LogP contribution in [-0.2, 0) is 10.0 Å². The first-order valence-electron chi connectivity index (χ1n) is 5.28. The summed E-state index contributed by atoms with van der Waals surface area (Å²) in [6, 6.07) is 8.88. The van der Waals surface area contributed by atoms with Gasteiger partial charge in [-0.15, -0.1) is 11.3 Å². The van der Waals surface area contributed by atoms with Gasteiger partial charge in [-0.2, -0.15) is 0 Å². The highest BCUT2D eigenvalue weighted by molar-refractivity contribution is 9.11. The Morgan fingerprint density at radius 2 is 1.90 bits per heavy atom. The Bertz CT molecular complexity index is 886. The van der Waals surface area contributed by atoms with Gasteiger partial charge in [-0.1, -0.05) is 27.3 Å². The lowest BCUT2D eigenvalue weighted by atomic mass is 10.3. The van der Waals surface area contributed by atoms with Crippen LogP contribution in [0.25, 0.3) is 10.2 Å². The van der Waals surface area contributed by atoms with Gasteiger partial charge in [0.2, 0.25) is 0 Å². The summed E-state index contributed by atoms with van der Waals surface area (Å²) in [6.45, 7) is 0. The predicted octanol–water partition coefficient (Wildman–Crippen LogP) is 4.68. The summed E-state index contributed by atoms with van der Waals surface area (Å²) in [6.07, 6.45) is 0. The van der Waals surface area contributed by atoms with Crippen LogP contribution < -0.4 is 4.72 Å². The number of anilines is 1. The van der Waals surface area contributed by atoms with Crippen LogP contribution in [0.15, 0.2) is 42.8 Å². The molecule has 0 unspecified atom stereocenters. The highest BCUT2D eigenvalue weighted by Gasteiger charge is 2.18. The Balaban J connectivity index is 1.96. The normalized spacial score (nSPS) is 11.9. The SMILES string of the molecule is O=S(=O)(Nc1nc2ccc(Br)cc2s1)c1ccc(Br)s1. The maximum Gasteiger partial charge on any atom is 0.273 e. The molecule has 0 amide bonds. The molecule has 0 aliphatic rings. The monoisotopic (exact) mass is 452 g/mol. The molecule has 1 aromatic carbocycles. The topological polar surface area (TPSA) is 59.1 Å². The number of nitrogens with zero attached hydrogens (tertiary/aromatic N) is 1. The number of halogens is 2. The molecule has 104 valence electrons. The summed E-state index contributed by atoms with van der Waals surface area (Å²) in [5, 5.41) is 0.364. The highest BCUT2D eigenvalue weighted by Crippen LogP contribution is 2.32.